The summed E-state index contributed by atoms with van der Waals surface area (Å²) in [7, 11) is 0. The Morgan fingerprint density at radius 3 is 2.95 bits per heavy atom. The molecule has 0 bridgehead atoms. The highest BCUT2D eigenvalue weighted by Gasteiger charge is 2.01. The van der Waals surface area contributed by atoms with E-state index < -0.39 is 0 Å². The molecule has 1 aromatic carbocycles. The minimum absolute atomic E-state index is 0.525. The predicted molar refractivity (Wildman–Crippen MR) is 87.5 cm³/mol. The summed E-state index contributed by atoms with van der Waals surface area (Å²) in [4.78, 5) is 0. The van der Waals surface area contributed by atoms with Crippen molar-refractivity contribution in [3.8, 4) is 5.69 Å². The van der Waals surface area contributed by atoms with Crippen molar-refractivity contribution in [3.63, 3.8) is 0 Å². The number of aromatic nitrogens is 1. The molecule has 5 heteroatoms. The summed E-state index contributed by atoms with van der Waals surface area (Å²) >= 11 is 5.05. The van der Waals surface area contributed by atoms with Gasteiger partial charge in [-0.2, -0.15) is 5.10 Å². The van der Waals surface area contributed by atoms with Crippen molar-refractivity contribution in [2.75, 3.05) is 6.54 Å². The first-order chi connectivity index (χ1) is 9.70. The highest BCUT2D eigenvalue weighted by atomic mass is 32.1. The fraction of sp³-hybridized carbons (Fsp3) is 0.200. The van der Waals surface area contributed by atoms with E-state index in [0.29, 0.717) is 5.11 Å². The molecule has 0 aliphatic rings. The number of hydrazone groups is 1. The van der Waals surface area contributed by atoms with E-state index in [4.69, 9.17) is 12.2 Å². The van der Waals surface area contributed by atoms with Crippen LogP contribution in [0.15, 0.2) is 47.7 Å². The summed E-state index contributed by atoms with van der Waals surface area (Å²) in [5, 5.41) is 7.65. The van der Waals surface area contributed by atoms with Gasteiger partial charge in [0.15, 0.2) is 5.11 Å². The Hall–Kier alpha value is -2.14. The van der Waals surface area contributed by atoms with Gasteiger partial charge < -0.3 is 9.88 Å². The molecule has 0 fully saturated rings. The van der Waals surface area contributed by atoms with Gasteiger partial charge in [-0.15, -0.1) is 0 Å². The van der Waals surface area contributed by atoms with E-state index in [9.17, 15) is 0 Å². The van der Waals surface area contributed by atoms with E-state index in [1.54, 1.807) is 6.21 Å². The van der Waals surface area contributed by atoms with Crippen LogP contribution < -0.4 is 10.7 Å². The van der Waals surface area contributed by atoms with E-state index in [1.165, 1.54) is 5.56 Å². The molecule has 1 aromatic heterocycles. The zero-order valence-electron chi connectivity index (χ0n) is 11.6. The van der Waals surface area contributed by atoms with Gasteiger partial charge in [-0.05, 0) is 55.9 Å². The second kappa shape index (κ2) is 6.86. The minimum atomic E-state index is 0.525. The molecule has 2 aromatic rings. The zero-order valence-corrected chi connectivity index (χ0v) is 12.4. The van der Waals surface area contributed by atoms with Crippen LogP contribution in [0.4, 0.5) is 0 Å². The quantitative estimate of drug-likeness (QED) is 0.516. The average molecular weight is 286 g/mol. The van der Waals surface area contributed by atoms with Gasteiger partial charge in [0.25, 0.3) is 0 Å². The van der Waals surface area contributed by atoms with E-state index in [-0.39, 0.29) is 0 Å². The van der Waals surface area contributed by atoms with Crippen molar-refractivity contribution >= 4 is 23.5 Å². The third-order valence-electron chi connectivity index (χ3n) is 2.76. The third-order valence-corrected chi connectivity index (χ3v) is 3.00. The molecule has 104 valence electrons. The number of hydrogen-bond acceptors (Lipinski definition) is 2. The summed E-state index contributed by atoms with van der Waals surface area (Å²) < 4.78 is 2.08. The summed E-state index contributed by atoms with van der Waals surface area (Å²) in [5.41, 5.74) is 6.12. The van der Waals surface area contributed by atoms with Crippen LogP contribution in [-0.4, -0.2) is 22.4 Å². The van der Waals surface area contributed by atoms with Crippen molar-refractivity contribution in [2.24, 2.45) is 5.10 Å². The molecule has 0 unspecified atom stereocenters. The molecule has 20 heavy (non-hydrogen) atoms. The van der Waals surface area contributed by atoms with E-state index in [1.807, 2.05) is 31.3 Å². The third kappa shape index (κ3) is 3.68. The summed E-state index contributed by atoms with van der Waals surface area (Å²) in [5.74, 6) is 0. The molecule has 0 radical (unpaired) electrons. The number of nitrogens with zero attached hydrogens (tertiary/aromatic N) is 2. The maximum absolute atomic E-state index is 5.05. The highest BCUT2D eigenvalue weighted by Crippen LogP contribution is 2.12. The lowest BCUT2D eigenvalue weighted by Crippen LogP contribution is -2.31. The van der Waals surface area contributed by atoms with Crippen LogP contribution in [0.25, 0.3) is 5.69 Å². The molecular formula is C15H18N4S. The van der Waals surface area contributed by atoms with Crippen LogP contribution in [0.1, 0.15) is 18.2 Å². The average Bonchev–Trinajstić information content (AvgIpc) is 2.87. The number of thiocarbonyl (C=S) groups is 1. The van der Waals surface area contributed by atoms with Crippen LogP contribution in [0.2, 0.25) is 0 Å². The minimum Gasteiger partial charge on any atom is -0.362 e. The smallest absolute Gasteiger partial charge is 0.186 e. The molecule has 0 aliphatic heterocycles. The normalized spacial score (nSPS) is 10.7. The lowest BCUT2D eigenvalue weighted by Gasteiger charge is -2.07. The van der Waals surface area contributed by atoms with Gasteiger partial charge in [0.2, 0.25) is 0 Å². The Balaban J connectivity index is 2.13. The van der Waals surface area contributed by atoms with Crippen molar-refractivity contribution in [1.29, 1.82) is 0 Å². The maximum atomic E-state index is 5.05. The first kappa shape index (κ1) is 14.3. The van der Waals surface area contributed by atoms with Crippen molar-refractivity contribution < 1.29 is 0 Å². The number of nitrogens with one attached hydrogen (secondary N) is 2. The number of rotatable bonds is 4. The van der Waals surface area contributed by atoms with Crippen LogP contribution in [0.3, 0.4) is 0 Å². The Bertz CT molecular complexity index is 616. The number of hydrogen-bond donors (Lipinski definition) is 2. The Morgan fingerprint density at radius 2 is 2.20 bits per heavy atom. The topological polar surface area (TPSA) is 41.4 Å². The van der Waals surface area contributed by atoms with E-state index >= 15 is 0 Å². The molecule has 1 heterocycles. The van der Waals surface area contributed by atoms with Crippen LogP contribution in [0.5, 0.6) is 0 Å². The second-order valence-corrected chi connectivity index (χ2v) is 4.78. The van der Waals surface area contributed by atoms with Gasteiger partial charge in [-0.3, -0.25) is 5.43 Å². The number of benzene rings is 1. The lowest BCUT2D eigenvalue weighted by atomic mass is 10.2. The van der Waals surface area contributed by atoms with Crippen molar-refractivity contribution in [2.45, 2.75) is 13.8 Å². The first-order valence-corrected chi connectivity index (χ1v) is 6.93. The van der Waals surface area contributed by atoms with Crippen molar-refractivity contribution in [3.05, 3.63) is 53.9 Å². The SMILES string of the molecule is CCNC(=S)NN=Cc1cccn1-c1cccc(C)c1. The van der Waals surface area contributed by atoms with Crippen LogP contribution >= 0.6 is 12.2 Å². The van der Waals surface area contributed by atoms with Gasteiger partial charge in [0, 0.05) is 18.4 Å². The summed E-state index contributed by atoms with van der Waals surface area (Å²) in [6.45, 7) is 4.85. The number of aryl methyl sites for hydroxylation is 1. The van der Waals surface area contributed by atoms with Crippen LogP contribution in [0, 0.1) is 6.92 Å². The first-order valence-electron chi connectivity index (χ1n) is 6.52. The molecule has 0 spiro atoms. The lowest BCUT2D eigenvalue weighted by molar-refractivity contribution is 0.902. The fourth-order valence-electron chi connectivity index (χ4n) is 1.87. The largest absolute Gasteiger partial charge is 0.362 e. The Morgan fingerprint density at radius 1 is 1.35 bits per heavy atom. The highest BCUT2D eigenvalue weighted by molar-refractivity contribution is 7.80. The van der Waals surface area contributed by atoms with E-state index in [0.717, 1.165) is 17.9 Å². The Kier molecular flexibility index (Phi) is 4.90. The standard InChI is InChI=1S/C15H18N4S/c1-3-16-15(20)18-17-11-14-8-5-9-19(14)13-7-4-6-12(2)10-13/h4-11H,3H2,1-2H3,(H2,16,18,20). The molecule has 2 N–H and O–H groups in total. The monoisotopic (exact) mass is 286 g/mol. The van der Waals surface area contributed by atoms with Gasteiger partial charge in [0.1, 0.15) is 0 Å². The maximum Gasteiger partial charge on any atom is 0.186 e. The second-order valence-electron chi connectivity index (χ2n) is 4.37. The summed E-state index contributed by atoms with van der Waals surface area (Å²) in [6, 6.07) is 12.3. The van der Waals surface area contributed by atoms with Crippen LogP contribution in [-0.2, 0) is 0 Å². The molecule has 2 rings (SSSR count). The fourth-order valence-corrected chi connectivity index (χ4v) is 2.07. The molecule has 0 aliphatic carbocycles. The molecule has 4 nitrogen and oxygen atoms in total. The van der Waals surface area contributed by atoms with Crippen molar-refractivity contribution in [1.82, 2.24) is 15.3 Å². The molecular weight excluding hydrogens is 268 g/mol. The predicted octanol–water partition coefficient (Wildman–Crippen LogP) is 2.60. The van der Waals surface area contributed by atoms with Gasteiger partial charge in [0.05, 0.1) is 11.9 Å². The zero-order chi connectivity index (χ0) is 14.4. The molecule has 0 atom stereocenters. The molecule has 0 saturated heterocycles. The Labute approximate surface area is 124 Å². The van der Waals surface area contributed by atoms with E-state index in [2.05, 4.69) is 45.5 Å². The van der Waals surface area contributed by atoms with Gasteiger partial charge >= 0.3 is 0 Å². The summed E-state index contributed by atoms with van der Waals surface area (Å²) in [6.07, 6.45) is 3.77. The molecule has 0 saturated carbocycles. The van der Waals surface area contributed by atoms with Gasteiger partial charge in [-0.1, -0.05) is 12.1 Å². The van der Waals surface area contributed by atoms with Gasteiger partial charge in [-0.25, -0.2) is 0 Å². The molecule has 0 amide bonds.